The molecule has 0 spiro atoms. The molecule has 0 bridgehead atoms. The highest BCUT2D eigenvalue weighted by atomic mass is 16.6. The Morgan fingerprint density at radius 3 is 2.39 bits per heavy atom. The number of piperazine rings is 1. The van der Waals surface area contributed by atoms with Gasteiger partial charge in [0.25, 0.3) is 5.69 Å². The minimum Gasteiger partial charge on any atom is -0.357 e. The van der Waals surface area contributed by atoms with Crippen LogP contribution in [0.4, 0.5) is 5.69 Å². The van der Waals surface area contributed by atoms with Gasteiger partial charge in [-0.05, 0) is 26.3 Å². The minimum absolute atomic E-state index is 0.0576. The van der Waals surface area contributed by atoms with Crippen LogP contribution in [0.2, 0.25) is 0 Å². The molecule has 1 aromatic carbocycles. The number of nitrogens with zero attached hydrogens (tertiary/aromatic N) is 4. The summed E-state index contributed by atoms with van der Waals surface area (Å²) in [7, 11) is 0. The molecule has 2 rings (SSSR count). The molecule has 0 aromatic heterocycles. The molecule has 0 radical (unpaired) electrons. The van der Waals surface area contributed by atoms with Gasteiger partial charge in [-0.1, -0.05) is 12.1 Å². The molecular weight excluding hydrogens is 360 g/mol. The Morgan fingerprint density at radius 2 is 1.86 bits per heavy atom. The number of benzene rings is 1. The Labute approximate surface area is 165 Å². The first-order valence-corrected chi connectivity index (χ1v) is 9.67. The van der Waals surface area contributed by atoms with Gasteiger partial charge in [0.05, 0.1) is 18.0 Å². The minimum atomic E-state index is -0.405. The maximum atomic E-state index is 11.9. The predicted molar refractivity (Wildman–Crippen MR) is 109 cm³/mol. The zero-order valence-corrected chi connectivity index (χ0v) is 16.9. The zero-order valence-electron chi connectivity index (χ0n) is 16.9. The van der Waals surface area contributed by atoms with Gasteiger partial charge in [-0.2, -0.15) is 0 Å². The monoisotopic (exact) mass is 390 g/mol. The van der Waals surface area contributed by atoms with Crippen molar-refractivity contribution < 1.29 is 9.72 Å². The van der Waals surface area contributed by atoms with Gasteiger partial charge in [0.15, 0.2) is 5.96 Å². The van der Waals surface area contributed by atoms with Crippen molar-refractivity contribution in [1.29, 1.82) is 0 Å². The standard InChI is InChI=1S/C19H30N6O3/c1-4-20-19(21-13-16-5-7-17(8-6-16)25(27)28)24-11-9-23(10-12-24)14-18(26)22-15(2)3/h5-8,15H,4,9-14H2,1-3H3,(H,20,21)(H,22,26). The number of rotatable bonds is 7. The SMILES string of the molecule is CCNC(=NCc1ccc([N+](=O)[O-])cc1)N1CCN(CC(=O)NC(C)C)CC1. The Balaban J connectivity index is 1.90. The van der Waals surface area contributed by atoms with Crippen molar-refractivity contribution in [2.24, 2.45) is 4.99 Å². The van der Waals surface area contributed by atoms with Crippen molar-refractivity contribution >= 4 is 17.6 Å². The van der Waals surface area contributed by atoms with Gasteiger partial charge in [-0.3, -0.25) is 19.8 Å². The summed E-state index contributed by atoms with van der Waals surface area (Å²) >= 11 is 0. The lowest BCUT2D eigenvalue weighted by atomic mass is 10.2. The van der Waals surface area contributed by atoms with Gasteiger partial charge >= 0.3 is 0 Å². The van der Waals surface area contributed by atoms with Crippen molar-refractivity contribution in [2.75, 3.05) is 39.3 Å². The Bertz CT molecular complexity index is 681. The van der Waals surface area contributed by atoms with E-state index in [1.807, 2.05) is 20.8 Å². The number of non-ortho nitro benzene ring substituents is 1. The second-order valence-corrected chi connectivity index (χ2v) is 7.08. The van der Waals surface area contributed by atoms with Crippen LogP contribution in [-0.4, -0.2) is 71.9 Å². The molecule has 1 aromatic rings. The molecule has 28 heavy (non-hydrogen) atoms. The topological polar surface area (TPSA) is 103 Å². The Kier molecular flexibility index (Phi) is 8.19. The summed E-state index contributed by atoms with van der Waals surface area (Å²) < 4.78 is 0. The smallest absolute Gasteiger partial charge is 0.269 e. The molecule has 9 heteroatoms. The third-order valence-corrected chi connectivity index (χ3v) is 4.38. The molecule has 1 saturated heterocycles. The molecule has 1 fully saturated rings. The van der Waals surface area contributed by atoms with Gasteiger partial charge in [-0.25, -0.2) is 4.99 Å². The number of carbonyl (C=O) groups is 1. The molecule has 1 aliphatic rings. The van der Waals surface area contributed by atoms with E-state index in [0.717, 1.165) is 44.2 Å². The van der Waals surface area contributed by atoms with Gasteiger partial charge in [0.2, 0.25) is 5.91 Å². The molecule has 2 N–H and O–H groups in total. The van der Waals surface area contributed by atoms with E-state index in [1.165, 1.54) is 12.1 Å². The van der Waals surface area contributed by atoms with E-state index in [1.54, 1.807) is 12.1 Å². The summed E-state index contributed by atoms with van der Waals surface area (Å²) in [5, 5.41) is 17.0. The number of hydrogen-bond acceptors (Lipinski definition) is 5. The van der Waals surface area contributed by atoms with Crippen LogP contribution in [0, 0.1) is 10.1 Å². The summed E-state index contributed by atoms with van der Waals surface area (Å²) in [5.41, 5.74) is 1.00. The van der Waals surface area contributed by atoms with Gasteiger partial charge in [-0.15, -0.1) is 0 Å². The quantitative estimate of drug-likeness (QED) is 0.314. The first kappa shape index (κ1) is 21.6. The Morgan fingerprint density at radius 1 is 1.21 bits per heavy atom. The predicted octanol–water partition coefficient (Wildman–Crippen LogP) is 1.20. The fraction of sp³-hybridized carbons (Fsp3) is 0.579. The number of carbonyl (C=O) groups excluding carboxylic acids is 1. The summed E-state index contributed by atoms with van der Waals surface area (Å²) in [6.07, 6.45) is 0. The van der Waals surface area contributed by atoms with E-state index in [-0.39, 0.29) is 17.6 Å². The number of nitrogens with one attached hydrogen (secondary N) is 2. The Hall–Kier alpha value is -2.68. The molecule has 154 valence electrons. The van der Waals surface area contributed by atoms with Crippen molar-refractivity contribution in [2.45, 2.75) is 33.4 Å². The second-order valence-electron chi connectivity index (χ2n) is 7.08. The van der Waals surface area contributed by atoms with Crippen LogP contribution in [0.3, 0.4) is 0 Å². The van der Waals surface area contributed by atoms with E-state index in [4.69, 9.17) is 0 Å². The van der Waals surface area contributed by atoms with Gasteiger partial charge in [0, 0.05) is 50.9 Å². The van der Waals surface area contributed by atoms with Crippen LogP contribution >= 0.6 is 0 Å². The van der Waals surface area contributed by atoms with Crippen LogP contribution < -0.4 is 10.6 Å². The number of guanidine groups is 1. The summed E-state index contributed by atoms with van der Waals surface area (Å²) in [4.78, 5) is 31.3. The number of nitro benzene ring substituents is 1. The zero-order chi connectivity index (χ0) is 20.5. The van der Waals surface area contributed by atoms with E-state index >= 15 is 0 Å². The van der Waals surface area contributed by atoms with E-state index in [0.29, 0.717) is 13.1 Å². The lowest BCUT2D eigenvalue weighted by Crippen LogP contribution is -2.54. The first-order chi connectivity index (χ1) is 13.4. The third kappa shape index (κ3) is 6.80. The summed E-state index contributed by atoms with van der Waals surface area (Å²) in [5.74, 6) is 0.884. The first-order valence-electron chi connectivity index (χ1n) is 9.67. The number of aliphatic imine (C=N–C) groups is 1. The summed E-state index contributed by atoms with van der Waals surface area (Å²) in [6, 6.07) is 6.62. The number of nitro groups is 1. The second kappa shape index (κ2) is 10.6. The van der Waals surface area contributed by atoms with Crippen LogP contribution in [0.15, 0.2) is 29.3 Å². The highest BCUT2D eigenvalue weighted by Crippen LogP contribution is 2.13. The van der Waals surface area contributed by atoms with Crippen LogP contribution in [0.25, 0.3) is 0 Å². The van der Waals surface area contributed by atoms with Crippen molar-refractivity contribution in [1.82, 2.24) is 20.4 Å². The largest absolute Gasteiger partial charge is 0.357 e. The third-order valence-electron chi connectivity index (χ3n) is 4.38. The lowest BCUT2D eigenvalue weighted by molar-refractivity contribution is -0.384. The van der Waals surface area contributed by atoms with Crippen molar-refractivity contribution in [3.63, 3.8) is 0 Å². The lowest BCUT2D eigenvalue weighted by Gasteiger charge is -2.36. The van der Waals surface area contributed by atoms with Gasteiger partial charge in [0.1, 0.15) is 0 Å². The fourth-order valence-electron chi connectivity index (χ4n) is 3.00. The fourth-order valence-corrected chi connectivity index (χ4v) is 3.00. The van der Waals surface area contributed by atoms with Crippen molar-refractivity contribution in [3.05, 3.63) is 39.9 Å². The normalized spacial score (nSPS) is 15.6. The molecule has 1 amide bonds. The van der Waals surface area contributed by atoms with E-state index < -0.39 is 4.92 Å². The molecule has 1 heterocycles. The maximum Gasteiger partial charge on any atom is 0.269 e. The molecule has 0 aliphatic carbocycles. The van der Waals surface area contributed by atoms with Crippen LogP contribution in [0.5, 0.6) is 0 Å². The van der Waals surface area contributed by atoms with E-state index in [9.17, 15) is 14.9 Å². The number of amides is 1. The average molecular weight is 390 g/mol. The highest BCUT2D eigenvalue weighted by Gasteiger charge is 2.21. The molecule has 1 aliphatic heterocycles. The molecule has 0 saturated carbocycles. The van der Waals surface area contributed by atoms with Crippen molar-refractivity contribution in [3.8, 4) is 0 Å². The maximum absolute atomic E-state index is 11.9. The molecule has 0 unspecified atom stereocenters. The van der Waals surface area contributed by atoms with E-state index in [2.05, 4.69) is 25.4 Å². The highest BCUT2D eigenvalue weighted by molar-refractivity contribution is 5.80. The average Bonchev–Trinajstić information content (AvgIpc) is 2.65. The molecule has 0 atom stereocenters. The van der Waals surface area contributed by atoms with Gasteiger partial charge < -0.3 is 15.5 Å². The molecule has 9 nitrogen and oxygen atoms in total. The summed E-state index contributed by atoms with van der Waals surface area (Å²) in [6.45, 7) is 10.8. The van der Waals surface area contributed by atoms with Crippen LogP contribution in [-0.2, 0) is 11.3 Å². The number of hydrogen-bond donors (Lipinski definition) is 2. The molecular formula is C19H30N6O3. The van der Waals surface area contributed by atoms with Crippen LogP contribution in [0.1, 0.15) is 26.3 Å².